The van der Waals surface area contributed by atoms with Gasteiger partial charge in [0.05, 0.1) is 28.3 Å². The van der Waals surface area contributed by atoms with Crippen molar-refractivity contribution in [2.24, 2.45) is 5.73 Å². The molecule has 3 rings (SSSR count). The second-order valence-electron chi connectivity index (χ2n) is 11.6. The molecule has 9 nitrogen and oxygen atoms in total. The average Bonchev–Trinajstić information content (AvgIpc) is 2.87. The van der Waals surface area contributed by atoms with Crippen molar-refractivity contribution in [3.8, 4) is 5.75 Å². The quantitative estimate of drug-likeness (QED) is 0.199. The molecule has 4 N–H and O–H groups in total. The van der Waals surface area contributed by atoms with E-state index in [0.717, 1.165) is 5.56 Å². The van der Waals surface area contributed by atoms with Gasteiger partial charge in [-0.25, -0.2) is 4.98 Å². The van der Waals surface area contributed by atoms with Gasteiger partial charge in [0.2, 0.25) is 0 Å². The van der Waals surface area contributed by atoms with Crippen LogP contribution in [0.1, 0.15) is 80.7 Å². The lowest BCUT2D eigenvalue weighted by molar-refractivity contribution is -0.155. The lowest BCUT2D eigenvalue weighted by Crippen LogP contribution is -2.31. The van der Waals surface area contributed by atoms with E-state index in [0.29, 0.717) is 16.5 Å². The molecule has 1 aromatic heterocycles. The number of benzene rings is 2. The van der Waals surface area contributed by atoms with Gasteiger partial charge in [0.25, 0.3) is 11.8 Å². The molecule has 0 aliphatic rings. The Morgan fingerprint density at radius 1 is 0.927 bits per heavy atom. The van der Waals surface area contributed by atoms with Crippen LogP contribution in [0, 0.1) is 0 Å². The summed E-state index contributed by atoms with van der Waals surface area (Å²) in [5.74, 6) is -0.765. The number of para-hydroxylation sites is 1. The van der Waals surface area contributed by atoms with Crippen molar-refractivity contribution in [3.05, 3.63) is 82.5 Å². The Hall–Kier alpha value is -3.95. The van der Waals surface area contributed by atoms with Crippen molar-refractivity contribution in [1.82, 2.24) is 4.98 Å². The molecule has 1 unspecified atom stereocenters. The zero-order valence-electron chi connectivity index (χ0n) is 24.2. The minimum atomic E-state index is -0.866. The molecule has 2 amide bonds. The van der Waals surface area contributed by atoms with E-state index >= 15 is 0 Å². The molecule has 0 fully saturated rings. The largest absolute Gasteiger partial charge is 0.475 e. The summed E-state index contributed by atoms with van der Waals surface area (Å²) in [4.78, 5) is 42.8. The molecular formula is C31H37ClN4O5. The van der Waals surface area contributed by atoms with Crippen molar-refractivity contribution < 1.29 is 23.9 Å². The first-order valence-corrected chi connectivity index (χ1v) is 13.6. The number of pyridine rings is 1. The van der Waals surface area contributed by atoms with E-state index in [1.165, 1.54) is 6.20 Å². The van der Waals surface area contributed by atoms with Gasteiger partial charge in [-0.05, 0) is 68.1 Å². The second-order valence-corrected chi connectivity index (χ2v) is 12.0. The normalized spacial score (nSPS) is 12.3. The smallest absolute Gasteiger partial charge is 0.306 e. The van der Waals surface area contributed by atoms with E-state index in [1.807, 2.05) is 26.8 Å². The lowest BCUT2D eigenvalue weighted by atomic mass is 9.86. The second kappa shape index (κ2) is 13.1. The number of halogens is 1. The van der Waals surface area contributed by atoms with Crippen molar-refractivity contribution in [1.29, 1.82) is 0 Å². The number of nitrogens with zero attached hydrogens (tertiary/aromatic N) is 1. The van der Waals surface area contributed by atoms with Crippen LogP contribution in [-0.4, -0.2) is 34.6 Å². The molecular weight excluding hydrogens is 544 g/mol. The molecule has 0 spiro atoms. The van der Waals surface area contributed by atoms with Crippen molar-refractivity contribution in [2.45, 2.75) is 71.6 Å². The van der Waals surface area contributed by atoms with Crippen molar-refractivity contribution >= 4 is 40.9 Å². The number of nitrogens with one attached hydrogen (secondary N) is 2. The maximum absolute atomic E-state index is 13.5. The number of carbonyl (C=O) groups excluding carboxylic acids is 3. The van der Waals surface area contributed by atoms with Crippen LogP contribution in [0.5, 0.6) is 5.75 Å². The molecule has 218 valence electrons. The summed E-state index contributed by atoms with van der Waals surface area (Å²) in [5, 5.41) is 5.95. The van der Waals surface area contributed by atoms with Crippen LogP contribution in [0.4, 0.5) is 11.5 Å². The fraction of sp³-hybridized carbons (Fsp3) is 0.355. The highest BCUT2D eigenvalue weighted by molar-refractivity contribution is 6.30. The maximum Gasteiger partial charge on any atom is 0.306 e. The van der Waals surface area contributed by atoms with Gasteiger partial charge in [0.15, 0.2) is 0 Å². The third-order valence-corrected chi connectivity index (χ3v) is 6.04. The van der Waals surface area contributed by atoms with Crippen LogP contribution in [0.15, 0.2) is 60.8 Å². The van der Waals surface area contributed by atoms with Crippen molar-refractivity contribution in [2.75, 3.05) is 10.6 Å². The zero-order valence-corrected chi connectivity index (χ0v) is 25.0. The Morgan fingerprint density at radius 3 is 2.24 bits per heavy atom. The van der Waals surface area contributed by atoms with E-state index < -0.39 is 23.6 Å². The molecule has 0 aliphatic heterocycles. The van der Waals surface area contributed by atoms with E-state index in [2.05, 4.69) is 15.6 Å². The average molecular weight is 581 g/mol. The number of aromatic nitrogens is 1. The fourth-order valence-corrected chi connectivity index (χ4v) is 3.87. The van der Waals surface area contributed by atoms with Gasteiger partial charge in [0.1, 0.15) is 23.4 Å². The topological polar surface area (TPSA) is 133 Å². The van der Waals surface area contributed by atoms with Gasteiger partial charge in [-0.15, -0.1) is 0 Å². The van der Waals surface area contributed by atoms with Gasteiger partial charge in [-0.2, -0.15) is 0 Å². The number of esters is 1. The fourth-order valence-electron chi connectivity index (χ4n) is 3.76. The van der Waals surface area contributed by atoms with Crippen LogP contribution in [-0.2, 0) is 14.9 Å². The first-order chi connectivity index (χ1) is 19.1. The Bertz CT molecular complexity index is 1390. The maximum atomic E-state index is 13.5. The summed E-state index contributed by atoms with van der Waals surface area (Å²) in [6.07, 6.45) is 0.807. The van der Waals surface area contributed by atoms with E-state index in [1.54, 1.807) is 69.3 Å². The number of hydrogen-bond acceptors (Lipinski definition) is 7. The van der Waals surface area contributed by atoms with Crippen LogP contribution in [0.25, 0.3) is 0 Å². The lowest BCUT2D eigenvalue weighted by Gasteiger charge is -2.23. The summed E-state index contributed by atoms with van der Waals surface area (Å²) in [7, 11) is 0. The number of rotatable bonds is 9. The summed E-state index contributed by atoms with van der Waals surface area (Å²) in [6, 6.07) is 15.1. The highest BCUT2D eigenvalue weighted by Crippen LogP contribution is 2.30. The van der Waals surface area contributed by atoms with Gasteiger partial charge >= 0.3 is 5.97 Å². The predicted molar refractivity (Wildman–Crippen MR) is 160 cm³/mol. The van der Waals surface area contributed by atoms with Crippen molar-refractivity contribution in [3.63, 3.8) is 0 Å². The molecule has 10 heteroatoms. The molecule has 0 aliphatic carbocycles. The molecule has 0 saturated carbocycles. The Labute approximate surface area is 245 Å². The summed E-state index contributed by atoms with van der Waals surface area (Å²) < 4.78 is 11.3. The molecule has 41 heavy (non-hydrogen) atoms. The van der Waals surface area contributed by atoms with E-state index in [4.69, 9.17) is 26.8 Å². The third-order valence-electron chi connectivity index (χ3n) is 5.81. The highest BCUT2D eigenvalue weighted by atomic mass is 35.5. The third kappa shape index (κ3) is 9.58. The first kappa shape index (κ1) is 31.6. The van der Waals surface area contributed by atoms with Gasteiger partial charge in [0, 0.05) is 12.6 Å². The molecule has 1 heterocycles. The monoisotopic (exact) mass is 580 g/mol. The SMILES string of the molecule is CC(C)(C)OC(=O)CCC(N)Oc1cc(C(C)(C)C)ccc1C(=O)Nc1ccccc1C(=O)Nc1ccc(Cl)cn1. The number of nitrogens with two attached hydrogens (primary N) is 1. The van der Waals surface area contributed by atoms with Gasteiger partial charge in [-0.3, -0.25) is 20.1 Å². The van der Waals surface area contributed by atoms with Gasteiger partial charge < -0.3 is 20.1 Å². The van der Waals surface area contributed by atoms with Crippen LogP contribution < -0.4 is 21.1 Å². The molecule has 1 atom stereocenters. The highest BCUT2D eigenvalue weighted by Gasteiger charge is 2.23. The number of anilines is 2. The summed E-state index contributed by atoms with van der Waals surface area (Å²) >= 11 is 5.88. The number of amides is 2. The van der Waals surface area contributed by atoms with Crippen LogP contribution in [0.2, 0.25) is 5.02 Å². The molecule has 0 radical (unpaired) electrons. The van der Waals surface area contributed by atoms with E-state index in [9.17, 15) is 14.4 Å². The Kier molecular flexibility index (Phi) is 10.1. The molecule has 3 aromatic rings. The molecule has 0 saturated heterocycles. The minimum Gasteiger partial charge on any atom is -0.475 e. The van der Waals surface area contributed by atoms with E-state index in [-0.39, 0.29) is 41.1 Å². The Morgan fingerprint density at radius 2 is 1.61 bits per heavy atom. The predicted octanol–water partition coefficient (Wildman–Crippen LogP) is 6.32. The standard InChI is InChI=1S/C31H37ClN4O5/c1-30(2,3)19-11-13-22(24(17-19)40-25(33)14-16-27(37)41-31(4,5)6)29(39)35-23-10-8-7-9-21(23)28(38)36-26-15-12-20(32)18-34-26/h7-13,15,17-18,25H,14,16,33H2,1-6H3,(H,35,39)(H,34,36,38). The summed E-state index contributed by atoms with van der Waals surface area (Å²) in [5.41, 5.74) is 7.07. The van der Waals surface area contributed by atoms with Gasteiger partial charge in [-0.1, -0.05) is 50.6 Å². The van der Waals surface area contributed by atoms with Crippen LogP contribution >= 0.6 is 11.6 Å². The Balaban J connectivity index is 1.82. The number of ether oxygens (including phenoxy) is 2. The van der Waals surface area contributed by atoms with Crippen LogP contribution in [0.3, 0.4) is 0 Å². The molecule has 2 aromatic carbocycles. The minimum absolute atomic E-state index is 0.0594. The zero-order chi connectivity index (χ0) is 30.4. The first-order valence-electron chi connectivity index (χ1n) is 13.2. The molecule has 0 bridgehead atoms. The number of carbonyl (C=O) groups is 3. The summed E-state index contributed by atoms with van der Waals surface area (Å²) in [6.45, 7) is 11.5. The number of hydrogen-bond donors (Lipinski definition) is 3.